The number of quaternary nitrogens is 1. The highest BCUT2D eigenvalue weighted by Gasteiger charge is 1.83. The van der Waals surface area contributed by atoms with Crippen LogP contribution in [0, 0.1) is 7.05 Å². The summed E-state index contributed by atoms with van der Waals surface area (Å²) < 4.78 is 0. The fourth-order valence-electron chi connectivity index (χ4n) is 0.474. The molecule has 0 saturated heterocycles. The van der Waals surface area contributed by atoms with Crippen LogP contribution in [0.15, 0.2) is 0 Å². The molecule has 2 N–H and O–H groups in total. The van der Waals surface area contributed by atoms with Gasteiger partial charge in [0.15, 0.2) is 0 Å². The Morgan fingerprint density at radius 2 is 2.38 bits per heavy atom. The first-order valence-corrected chi connectivity index (χ1v) is 4.26. The maximum Gasteiger partial charge on any atom is 0.0523 e. The average Bonchev–Trinajstić information content (AvgIpc) is 1.81. The van der Waals surface area contributed by atoms with Gasteiger partial charge >= 0.3 is 0 Å². The summed E-state index contributed by atoms with van der Waals surface area (Å²) in [5.74, 6) is 2.54. The second kappa shape index (κ2) is 7.31. The summed E-state index contributed by atoms with van der Waals surface area (Å²) in [6, 6.07) is 0. The van der Waals surface area contributed by atoms with Crippen LogP contribution in [0.1, 0.15) is 13.3 Å². The normalized spacial score (nSPS) is 9.75. The predicted octanol–water partition coefficient (Wildman–Crippen LogP) is 0.485. The molecule has 0 aliphatic carbocycles. The van der Waals surface area contributed by atoms with Gasteiger partial charge in [0, 0.05) is 6.42 Å². The number of rotatable bonds is 5. The van der Waals surface area contributed by atoms with Gasteiger partial charge in [0.25, 0.3) is 0 Å². The van der Waals surface area contributed by atoms with E-state index in [0.717, 1.165) is 0 Å². The Morgan fingerprint density at radius 1 is 1.62 bits per heavy atom. The van der Waals surface area contributed by atoms with Crippen LogP contribution >= 0.6 is 11.8 Å². The van der Waals surface area contributed by atoms with Gasteiger partial charge in [-0.2, -0.15) is 18.8 Å². The first-order chi connectivity index (χ1) is 3.91. The van der Waals surface area contributed by atoms with E-state index in [0.29, 0.717) is 0 Å². The third kappa shape index (κ3) is 6.31. The fourth-order valence-corrected chi connectivity index (χ4v) is 1.13. The predicted molar refractivity (Wildman–Crippen MR) is 39.8 cm³/mol. The molecule has 0 heterocycles. The summed E-state index contributed by atoms with van der Waals surface area (Å²) in [7, 11) is 3.65. The summed E-state index contributed by atoms with van der Waals surface area (Å²) in [5.41, 5.74) is 0. The quantitative estimate of drug-likeness (QED) is 0.426. The summed E-state index contributed by atoms with van der Waals surface area (Å²) in [6.07, 6.45) is 1.29. The molecule has 2 heteroatoms. The van der Waals surface area contributed by atoms with Gasteiger partial charge in [-0.25, -0.2) is 0 Å². The average molecular weight is 133 g/mol. The van der Waals surface area contributed by atoms with Crippen LogP contribution in [0.4, 0.5) is 0 Å². The molecule has 50 valence electrons. The molecule has 0 unspecified atom stereocenters. The van der Waals surface area contributed by atoms with E-state index in [-0.39, 0.29) is 0 Å². The van der Waals surface area contributed by atoms with Crippen molar-refractivity contribution in [1.82, 2.24) is 0 Å². The molecular formula is C6H15NS. The maximum atomic E-state index is 3.65. The number of hydrogen-bond donors (Lipinski definition) is 1. The van der Waals surface area contributed by atoms with E-state index in [1.54, 1.807) is 0 Å². The number of thioether (sulfide) groups is 1. The second-order valence-corrected chi connectivity index (χ2v) is 3.02. The molecule has 0 fully saturated rings. The zero-order chi connectivity index (χ0) is 6.24. The molecule has 0 amide bonds. The molecule has 0 saturated carbocycles. The van der Waals surface area contributed by atoms with E-state index >= 15 is 0 Å². The topological polar surface area (TPSA) is 16.6 Å². The van der Waals surface area contributed by atoms with Crippen molar-refractivity contribution in [2.75, 3.05) is 18.1 Å². The molecule has 0 aromatic carbocycles. The van der Waals surface area contributed by atoms with E-state index in [2.05, 4.69) is 14.0 Å². The Hall–Kier alpha value is 0.310. The maximum absolute atomic E-state index is 3.65. The van der Waals surface area contributed by atoms with Gasteiger partial charge in [-0.3, -0.25) is 0 Å². The highest BCUT2D eigenvalue weighted by Crippen LogP contribution is 1.98. The molecule has 0 aromatic rings. The smallest absolute Gasteiger partial charge is 0.0523 e. The molecule has 8 heavy (non-hydrogen) atoms. The lowest BCUT2D eigenvalue weighted by molar-refractivity contribution is -0.595. The van der Waals surface area contributed by atoms with Gasteiger partial charge in [0.2, 0.25) is 0 Å². The van der Waals surface area contributed by atoms with Crippen LogP contribution in [0.2, 0.25) is 0 Å². The van der Waals surface area contributed by atoms with Crippen molar-refractivity contribution in [2.45, 2.75) is 13.3 Å². The summed E-state index contributed by atoms with van der Waals surface area (Å²) in [5, 5.41) is 1.98. The van der Waals surface area contributed by atoms with Crippen molar-refractivity contribution < 1.29 is 5.32 Å². The van der Waals surface area contributed by atoms with Crippen molar-refractivity contribution in [2.24, 2.45) is 0 Å². The van der Waals surface area contributed by atoms with Crippen LogP contribution < -0.4 is 5.32 Å². The first-order valence-electron chi connectivity index (χ1n) is 3.10. The number of hydrogen-bond acceptors (Lipinski definition) is 1. The van der Waals surface area contributed by atoms with Gasteiger partial charge in [0.05, 0.1) is 6.54 Å². The highest BCUT2D eigenvalue weighted by atomic mass is 32.2. The summed E-state index contributed by atoms with van der Waals surface area (Å²) in [6.45, 7) is 3.37. The van der Waals surface area contributed by atoms with Gasteiger partial charge in [-0.15, -0.1) is 0 Å². The monoisotopic (exact) mass is 133 g/mol. The minimum absolute atomic E-state index is 1.17. The molecule has 0 aliphatic rings. The molecule has 0 atom stereocenters. The Kier molecular flexibility index (Phi) is 7.59. The highest BCUT2D eigenvalue weighted by molar-refractivity contribution is 7.99. The van der Waals surface area contributed by atoms with Crippen LogP contribution in [-0.4, -0.2) is 18.1 Å². The molecule has 0 radical (unpaired) electrons. The van der Waals surface area contributed by atoms with E-state index in [9.17, 15) is 0 Å². The van der Waals surface area contributed by atoms with Crippen molar-refractivity contribution in [3.63, 3.8) is 0 Å². The van der Waals surface area contributed by atoms with Gasteiger partial charge in [-0.05, 0) is 11.5 Å². The lowest BCUT2D eigenvalue weighted by Gasteiger charge is -1.97. The molecule has 0 aliphatic heterocycles. The second-order valence-electron chi connectivity index (χ2n) is 1.63. The molecule has 0 bridgehead atoms. The first kappa shape index (κ1) is 8.31. The summed E-state index contributed by atoms with van der Waals surface area (Å²) in [4.78, 5) is 0. The van der Waals surface area contributed by atoms with Crippen LogP contribution in [0.5, 0.6) is 0 Å². The Morgan fingerprint density at radius 3 is 2.88 bits per heavy atom. The molecule has 1 nitrogen and oxygen atoms in total. The standard InChI is InChI=1S/C6H15NS/c1-3-8-6-4-5-7-2/h2-7H2,1H3. The Bertz CT molecular complexity index is 33.5. The van der Waals surface area contributed by atoms with Crippen LogP contribution in [-0.2, 0) is 0 Å². The van der Waals surface area contributed by atoms with E-state index in [1.165, 1.54) is 24.5 Å². The molecule has 0 aromatic heterocycles. The minimum Gasteiger partial charge on any atom is -0.479 e. The van der Waals surface area contributed by atoms with Crippen LogP contribution in [0.25, 0.3) is 0 Å². The molecule has 0 spiro atoms. The van der Waals surface area contributed by atoms with Gasteiger partial charge < -0.3 is 5.32 Å². The third-order valence-corrected chi connectivity index (χ3v) is 1.89. The van der Waals surface area contributed by atoms with Crippen molar-refractivity contribution in [3.8, 4) is 0 Å². The van der Waals surface area contributed by atoms with Crippen molar-refractivity contribution >= 4 is 11.8 Å². The third-order valence-electron chi connectivity index (χ3n) is 0.901. The zero-order valence-electron chi connectivity index (χ0n) is 5.52. The van der Waals surface area contributed by atoms with Gasteiger partial charge in [-0.1, -0.05) is 6.92 Å². The van der Waals surface area contributed by atoms with E-state index in [4.69, 9.17) is 0 Å². The molecular weight excluding hydrogens is 118 g/mol. The molecule has 0 rings (SSSR count). The fraction of sp³-hybridized carbons (Fsp3) is 0.833. The summed E-state index contributed by atoms with van der Waals surface area (Å²) >= 11 is 2.00. The van der Waals surface area contributed by atoms with Crippen LogP contribution in [0.3, 0.4) is 0 Å². The number of nitrogens with two attached hydrogens (primary N) is 1. The minimum atomic E-state index is 1.17. The Balaban J connectivity index is 2.53. The Labute approximate surface area is 56.2 Å². The SMILES string of the molecule is [CH2-][NH2+]CCCSCC. The lowest BCUT2D eigenvalue weighted by Crippen LogP contribution is -2.76. The van der Waals surface area contributed by atoms with Gasteiger partial charge in [0.1, 0.15) is 0 Å². The van der Waals surface area contributed by atoms with Crippen molar-refractivity contribution in [3.05, 3.63) is 7.05 Å². The largest absolute Gasteiger partial charge is 0.479 e. The van der Waals surface area contributed by atoms with E-state index in [1.807, 2.05) is 17.1 Å². The lowest BCUT2D eigenvalue weighted by atomic mass is 10.5. The van der Waals surface area contributed by atoms with E-state index < -0.39 is 0 Å². The zero-order valence-corrected chi connectivity index (χ0v) is 6.34. The van der Waals surface area contributed by atoms with Crippen molar-refractivity contribution in [1.29, 1.82) is 0 Å².